The first-order chi connectivity index (χ1) is 8.97. The summed E-state index contributed by atoms with van der Waals surface area (Å²) in [5.41, 5.74) is 6.69. The van der Waals surface area contributed by atoms with Crippen molar-refractivity contribution in [1.82, 2.24) is 5.01 Å². The van der Waals surface area contributed by atoms with Crippen molar-refractivity contribution >= 4 is 31.7 Å². The predicted molar refractivity (Wildman–Crippen MR) is 73.9 cm³/mol. The summed E-state index contributed by atoms with van der Waals surface area (Å²) in [6, 6.07) is 6.52. The summed E-state index contributed by atoms with van der Waals surface area (Å²) >= 11 is 5.80. The summed E-state index contributed by atoms with van der Waals surface area (Å²) in [6.45, 7) is 0.360. The Bertz CT molecular complexity index is 498. The van der Waals surface area contributed by atoms with E-state index in [9.17, 15) is 9.36 Å². The molecule has 1 heterocycles. The zero-order valence-corrected chi connectivity index (χ0v) is 11.7. The Kier molecular flexibility index (Phi) is 4.06. The third-order valence-corrected chi connectivity index (χ3v) is 4.19. The molecule has 1 aliphatic rings. The monoisotopic (exact) mass is 300 g/mol. The molecule has 0 bridgehead atoms. The molecule has 2 atom stereocenters. The third-order valence-electron chi connectivity index (χ3n) is 3.13. The van der Waals surface area contributed by atoms with Gasteiger partial charge < -0.3 is 11.1 Å². The van der Waals surface area contributed by atoms with Gasteiger partial charge in [0.25, 0.3) is 5.91 Å². The molecule has 1 aliphatic heterocycles. The fourth-order valence-electron chi connectivity index (χ4n) is 2.00. The number of nitrogens with zero attached hydrogens (tertiary/aromatic N) is 1. The van der Waals surface area contributed by atoms with Crippen molar-refractivity contribution in [3.8, 4) is 0 Å². The highest BCUT2D eigenvalue weighted by molar-refractivity contribution is 7.27. The molecular formula is C11H14ClN4O2P. The Morgan fingerprint density at radius 1 is 1.42 bits per heavy atom. The van der Waals surface area contributed by atoms with Crippen LogP contribution in [0, 0.1) is 0 Å². The number of nitrogens with one attached hydrogen (secondary N) is 1. The number of hydrogen-bond acceptors (Lipinski definition) is 5. The largest absolute Gasteiger partial charge is 0.379 e. The van der Waals surface area contributed by atoms with Gasteiger partial charge >= 0.3 is 0 Å². The van der Waals surface area contributed by atoms with Gasteiger partial charge in [-0.05, 0) is 30.7 Å². The summed E-state index contributed by atoms with van der Waals surface area (Å²) in [6.07, 6.45) is 0.511. The highest BCUT2D eigenvalue weighted by atomic mass is 35.5. The van der Waals surface area contributed by atoms with Crippen LogP contribution in [0.15, 0.2) is 24.3 Å². The molecule has 102 valence electrons. The minimum Gasteiger partial charge on any atom is -0.379 e. The molecule has 1 aromatic carbocycles. The van der Waals surface area contributed by atoms with E-state index in [1.807, 2.05) is 0 Å². The van der Waals surface area contributed by atoms with Crippen molar-refractivity contribution in [3.05, 3.63) is 29.3 Å². The number of carbonyl (C=O) groups excluding carboxylic acids is 1. The Hall–Kier alpha value is -1.20. The number of amides is 1. The summed E-state index contributed by atoms with van der Waals surface area (Å²) in [4.78, 5) is 11.9. The van der Waals surface area contributed by atoms with E-state index in [-0.39, 0.29) is 0 Å². The first-order valence-electron chi connectivity index (χ1n) is 5.69. The van der Waals surface area contributed by atoms with Gasteiger partial charge in [-0.25, -0.2) is 5.84 Å². The highest BCUT2D eigenvalue weighted by Crippen LogP contribution is 2.31. The number of nitrogens with two attached hydrogens (primary N) is 2. The summed E-state index contributed by atoms with van der Waals surface area (Å²) in [5.74, 6) is 4.98. The lowest BCUT2D eigenvalue weighted by molar-refractivity contribution is -0.137. The van der Waals surface area contributed by atoms with E-state index in [0.29, 0.717) is 18.0 Å². The van der Waals surface area contributed by atoms with Crippen molar-refractivity contribution in [1.29, 1.82) is 0 Å². The van der Waals surface area contributed by atoms with E-state index >= 15 is 0 Å². The van der Waals surface area contributed by atoms with Crippen molar-refractivity contribution in [2.45, 2.75) is 17.7 Å². The molecule has 1 amide bonds. The zero-order valence-electron chi connectivity index (χ0n) is 10.0. The zero-order chi connectivity index (χ0) is 14.0. The molecule has 5 N–H and O–H groups in total. The summed E-state index contributed by atoms with van der Waals surface area (Å²) in [5, 5.41) is 3.17. The SMILES string of the molecule is NN1CCC(Nc2ccc(Cl)cc2)[C@](N)(P=O)C1=O. The van der Waals surface area contributed by atoms with Crippen molar-refractivity contribution in [2.75, 3.05) is 11.9 Å². The number of anilines is 1. The number of piperidine rings is 1. The van der Waals surface area contributed by atoms with Crippen LogP contribution < -0.4 is 16.9 Å². The Labute approximate surface area is 117 Å². The van der Waals surface area contributed by atoms with E-state index in [2.05, 4.69) is 5.32 Å². The Morgan fingerprint density at radius 3 is 2.63 bits per heavy atom. The maximum absolute atomic E-state index is 11.9. The molecule has 1 aromatic rings. The van der Waals surface area contributed by atoms with Gasteiger partial charge in [-0.15, -0.1) is 0 Å². The minimum atomic E-state index is -1.55. The van der Waals surface area contributed by atoms with Crippen LogP contribution in [0.4, 0.5) is 5.69 Å². The molecule has 2 rings (SSSR count). The lowest BCUT2D eigenvalue weighted by Gasteiger charge is -2.39. The van der Waals surface area contributed by atoms with Crippen molar-refractivity contribution < 1.29 is 9.36 Å². The van der Waals surface area contributed by atoms with Gasteiger partial charge in [-0.1, -0.05) is 11.6 Å². The molecule has 0 aromatic heterocycles. The van der Waals surface area contributed by atoms with Gasteiger partial charge in [0.15, 0.2) is 13.7 Å². The molecule has 1 fully saturated rings. The second kappa shape index (κ2) is 5.43. The molecule has 1 saturated heterocycles. The second-order valence-electron chi connectivity index (χ2n) is 4.41. The summed E-state index contributed by atoms with van der Waals surface area (Å²) in [7, 11) is -0.459. The van der Waals surface area contributed by atoms with Crippen LogP contribution in [0.25, 0.3) is 0 Å². The van der Waals surface area contributed by atoms with Gasteiger partial charge in [-0.2, -0.15) is 0 Å². The van der Waals surface area contributed by atoms with Crippen LogP contribution in [0.1, 0.15) is 6.42 Å². The topological polar surface area (TPSA) is 101 Å². The average molecular weight is 301 g/mol. The van der Waals surface area contributed by atoms with Gasteiger partial charge in [0, 0.05) is 17.3 Å². The van der Waals surface area contributed by atoms with E-state index in [0.717, 1.165) is 10.7 Å². The molecule has 1 unspecified atom stereocenters. The molecule has 0 saturated carbocycles. The smallest absolute Gasteiger partial charge is 0.270 e. The Balaban J connectivity index is 2.21. The maximum atomic E-state index is 11.9. The van der Waals surface area contributed by atoms with Crippen LogP contribution in [0.5, 0.6) is 0 Å². The van der Waals surface area contributed by atoms with Crippen LogP contribution >= 0.6 is 20.1 Å². The fraction of sp³-hybridized carbons (Fsp3) is 0.364. The number of hydrazine groups is 1. The standard InChI is InChI=1S/C11H14ClN4O2P/c12-7-1-3-8(4-2-7)15-9-5-6-16(14)10(17)11(9,13)19-18/h1-4,9,15H,5-6,13-14H2/t9?,11-/m0/s1. The van der Waals surface area contributed by atoms with Gasteiger partial charge in [0.1, 0.15) is 0 Å². The average Bonchev–Trinajstić information content (AvgIpc) is 2.42. The third kappa shape index (κ3) is 2.72. The maximum Gasteiger partial charge on any atom is 0.270 e. The number of hydrogen-bond donors (Lipinski definition) is 3. The van der Waals surface area contributed by atoms with Crippen LogP contribution in [-0.4, -0.2) is 28.8 Å². The van der Waals surface area contributed by atoms with Crippen LogP contribution in [-0.2, 0) is 9.36 Å². The van der Waals surface area contributed by atoms with Gasteiger partial charge in [0.05, 0.1) is 6.04 Å². The van der Waals surface area contributed by atoms with Gasteiger partial charge in [-0.3, -0.25) is 14.4 Å². The van der Waals surface area contributed by atoms with E-state index < -0.39 is 25.7 Å². The fourth-order valence-corrected chi connectivity index (χ4v) is 2.65. The molecular weight excluding hydrogens is 287 g/mol. The minimum absolute atomic E-state index is 0.360. The lowest BCUT2D eigenvalue weighted by atomic mass is 9.99. The molecule has 0 aliphatic carbocycles. The number of rotatable bonds is 3. The second-order valence-corrected chi connectivity index (χ2v) is 5.77. The van der Waals surface area contributed by atoms with Crippen molar-refractivity contribution in [3.63, 3.8) is 0 Å². The predicted octanol–water partition coefficient (Wildman–Crippen LogP) is 1.17. The molecule has 19 heavy (non-hydrogen) atoms. The number of carbonyl (C=O) groups is 1. The van der Waals surface area contributed by atoms with Crippen LogP contribution in [0.3, 0.4) is 0 Å². The molecule has 0 spiro atoms. The van der Waals surface area contributed by atoms with Gasteiger partial charge in [0.2, 0.25) is 0 Å². The molecule has 0 radical (unpaired) electrons. The quantitative estimate of drug-likeness (QED) is 0.442. The van der Waals surface area contributed by atoms with E-state index in [1.165, 1.54) is 0 Å². The van der Waals surface area contributed by atoms with E-state index in [4.69, 9.17) is 23.2 Å². The summed E-state index contributed by atoms with van der Waals surface area (Å²) < 4.78 is 11.3. The Morgan fingerprint density at radius 2 is 2.05 bits per heavy atom. The molecule has 6 nitrogen and oxygen atoms in total. The molecule has 8 heteroatoms. The van der Waals surface area contributed by atoms with Crippen LogP contribution in [0.2, 0.25) is 5.02 Å². The van der Waals surface area contributed by atoms with E-state index in [1.54, 1.807) is 24.3 Å². The van der Waals surface area contributed by atoms with Crippen molar-refractivity contribution in [2.24, 2.45) is 11.6 Å². The first kappa shape index (κ1) is 14.2. The number of halogens is 1. The highest BCUT2D eigenvalue weighted by Gasteiger charge is 2.48. The lowest BCUT2D eigenvalue weighted by Crippen LogP contribution is -2.66. The first-order valence-corrected chi connectivity index (χ1v) is 6.88. The normalized spacial score (nSPS) is 27.6. The number of benzene rings is 1.